The van der Waals surface area contributed by atoms with Crippen LogP contribution in [0, 0.1) is 5.92 Å². The van der Waals surface area contributed by atoms with Gasteiger partial charge in [-0.2, -0.15) is 0 Å². The number of halogens is 1. The lowest BCUT2D eigenvalue weighted by atomic mass is 9.82. The van der Waals surface area contributed by atoms with Crippen LogP contribution in [0.15, 0.2) is 66.7 Å². The first-order chi connectivity index (χ1) is 23.5. The Morgan fingerprint density at radius 2 is 1.82 bits per heavy atom. The lowest BCUT2D eigenvalue weighted by Crippen LogP contribution is -2.49. The minimum atomic E-state index is -3.29. The van der Waals surface area contributed by atoms with E-state index >= 15 is 4.11 Å². The Bertz CT molecular complexity index is 1680. The number of rotatable bonds is 13. The van der Waals surface area contributed by atoms with Gasteiger partial charge in [-0.1, -0.05) is 37.3 Å². The van der Waals surface area contributed by atoms with Gasteiger partial charge in [-0.3, -0.25) is 14.5 Å². The Hall–Kier alpha value is -3.61. The van der Waals surface area contributed by atoms with Gasteiger partial charge >= 0.3 is 0 Å². The molecule has 1 spiro atoms. The molecular weight excluding hydrogens is 642 g/mol. The number of nitrogens with one attached hydrogen (secondary N) is 1. The molecular formula is C38H48FN3O6Si. The number of benzene rings is 3. The fourth-order valence-corrected chi connectivity index (χ4v) is 10.8. The highest BCUT2D eigenvalue weighted by molar-refractivity contribution is 6.72. The maximum absolute atomic E-state index is 15.8. The van der Waals surface area contributed by atoms with Crippen molar-refractivity contribution in [2.24, 2.45) is 5.92 Å². The van der Waals surface area contributed by atoms with Crippen LogP contribution < -0.4 is 19.9 Å². The highest BCUT2D eigenvalue weighted by Gasteiger charge is 2.66. The third-order valence-electron chi connectivity index (χ3n) is 10.3. The van der Waals surface area contributed by atoms with E-state index in [-0.39, 0.29) is 38.0 Å². The number of aliphatic hydroxyl groups is 2. The van der Waals surface area contributed by atoms with E-state index in [2.05, 4.69) is 5.32 Å². The predicted molar refractivity (Wildman–Crippen MR) is 190 cm³/mol. The number of carbonyl (C=O) groups is 2. The monoisotopic (exact) mass is 689 g/mol. The minimum absolute atomic E-state index is 0.0773. The Balaban J connectivity index is 1.33. The molecule has 11 heteroatoms. The van der Waals surface area contributed by atoms with Gasteiger partial charge in [0.2, 0.25) is 14.3 Å². The van der Waals surface area contributed by atoms with Crippen molar-refractivity contribution in [2.75, 3.05) is 36.2 Å². The highest BCUT2D eigenvalue weighted by Crippen LogP contribution is 2.60. The first kappa shape index (κ1) is 35.2. The van der Waals surface area contributed by atoms with Crippen molar-refractivity contribution >= 4 is 37.3 Å². The summed E-state index contributed by atoms with van der Waals surface area (Å²) in [7, 11) is -3.29. The number of para-hydroxylation sites is 1. The van der Waals surface area contributed by atoms with Crippen molar-refractivity contribution in [1.29, 1.82) is 0 Å². The Labute approximate surface area is 289 Å². The summed E-state index contributed by atoms with van der Waals surface area (Å²) in [4.78, 5) is 32.2. The number of fused-ring (bicyclic) bond motifs is 3. The van der Waals surface area contributed by atoms with Crippen LogP contribution in [0.4, 0.5) is 21.2 Å². The van der Waals surface area contributed by atoms with Gasteiger partial charge in [-0.05, 0) is 99.8 Å². The van der Waals surface area contributed by atoms with Crippen LogP contribution in [-0.4, -0.2) is 68.9 Å². The smallest absolute Gasteiger partial charge is 0.264 e. The topological polar surface area (TPSA) is 112 Å². The predicted octanol–water partition coefficient (Wildman–Crippen LogP) is 5.74. The van der Waals surface area contributed by atoms with E-state index in [1.807, 2.05) is 80.6 Å². The van der Waals surface area contributed by atoms with Gasteiger partial charge in [0.15, 0.2) is 5.60 Å². The lowest BCUT2D eigenvalue weighted by Gasteiger charge is -2.35. The van der Waals surface area contributed by atoms with E-state index in [0.717, 1.165) is 40.2 Å². The van der Waals surface area contributed by atoms with Crippen LogP contribution in [0.1, 0.15) is 49.8 Å². The van der Waals surface area contributed by atoms with Crippen molar-refractivity contribution in [2.45, 2.75) is 82.5 Å². The Morgan fingerprint density at radius 3 is 2.55 bits per heavy atom. The van der Waals surface area contributed by atoms with E-state index in [4.69, 9.17) is 9.47 Å². The van der Waals surface area contributed by atoms with Crippen molar-refractivity contribution in [3.8, 4) is 5.75 Å². The third kappa shape index (κ3) is 6.43. The van der Waals surface area contributed by atoms with Crippen LogP contribution >= 0.6 is 0 Å². The second-order valence-electron chi connectivity index (χ2n) is 13.9. The van der Waals surface area contributed by atoms with Crippen molar-refractivity contribution < 1.29 is 33.4 Å². The van der Waals surface area contributed by atoms with Crippen LogP contribution in [0.25, 0.3) is 0 Å². The van der Waals surface area contributed by atoms with Gasteiger partial charge in [0.05, 0.1) is 36.7 Å². The molecule has 0 bridgehead atoms. The maximum Gasteiger partial charge on any atom is 0.264 e. The van der Waals surface area contributed by atoms with Gasteiger partial charge < -0.3 is 34.0 Å². The van der Waals surface area contributed by atoms with Gasteiger partial charge in [0, 0.05) is 35.9 Å². The number of hydrogen-bond donors (Lipinski definition) is 3. The molecule has 1 fully saturated rings. The first-order valence-electron chi connectivity index (χ1n) is 17.5. The molecule has 262 valence electrons. The summed E-state index contributed by atoms with van der Waals surface area (Å²) in [5.41, 5.74) is 2.93. The molecule has 3 aliphatic rings. The molecule has 0 saturated carbocycles. The molecule has 0 radical (unpaired) electrons. The summed E-state index contributed by atoms with van der Waals surface area (Å²) in [6.07, 6.45) is 1.63. The quantitative estimate of drug-likeness (QED) is 0.119. The maximum atomic E-state index is 15.8. The molecule has 0 aliphatic carbocycles. The molecule has 3 N–H and O–H groups in total. The summed E-state index contributed by atoms with van der Waals surface area (Å²) >= 11 is 0. The molecule has 5 atom stereocenters. The number of anilines is 3. The Kier molecular flexibility index (Phi) is 10.3. The van der Waals surface area contributed by atoms with Gasteiger partial charge in [-0.25, -0.2) is 0 Å². The summed E-state index contributed by atoms with van der Waals surface area (Å²) < 4.78 is 28.3. The van der Waals surface area contributed by atoms with E-state index in [1.54, 1.807) is 22.9 Å². The van der Waals surface area contributed by atoms with Gasteiger partial charge in [0.25, 0.3) is 5.91 Å². The zero-order valence-electron chi connectivity index (χ0n) is 28.8. The van der Waals surface area contributed by atoms with E-state index < -0.39 is 37.6 Å². The van der Waals surface area contributed by atoms with Gasteiger partial charge in [0.1, 0.15) is 5.75 Å². The number of unbranched alkanes of at least 4 members (excludes halogenated alkanes) is 1. The summed E-state index contributed by atoms with van der Waals surface area (Å²) in [6, 6.07) is 20.6. The number of nitrogens with zero attached hydrogens (tertiary/aromatic N) is 2. The molecule has 6 rings (SSSR count). The fraction of sp³-hybridized carbons (Fsp3) is 0.474. The molecule has 3 aromatic carbocycles. The second kappa shape index (κ2) is 14.3. The number of aliphatic hydroxyl groups excluding tert-OH is 2. The average Bonchev–Trinajstić information content (AvgIpc) is 3.50. The van der Waals surface area contributed by atoms with E-state index in [0.29, 0.717) is 31.7 Å². The summed E-state index contributed by atoms with van der Waals surface area (Å²) in [5.74, 6) is 0.0115. The SMILES string of the molecule is CCOc1ccc2c(c1)CC(NCCCCO)C(=O)N2c1cccc(CN2C(=O)[C@@]3(O[C@@H](CCO)[C@H]([Si](C)(C)F)[C@H]3C)c3ccccc32)c1. The fourth-order valence-electron chi connectivity index (χ4n) is 8.25. The molecule has 0 aromatic heterocycles. The summed E-state index contributed by atoms with van der Waals surface area (Å²) in [6.45, 7) is 8.49. The molecule has 1 unspecified atom stereocenters. The molecule has 1 saturated heterocycles. The van der Waals surface area contributed by atoms with Crippen molar-refractivity contribution in [1.82, 2.24) is 5.32 Å². The van der Waals surface area contributed by atoms with E-state index in [1.165, 1.54) is 0 Å². The highest BCUT2D eigenvalue weighted by atomic mass is 28.4. The zero-order chi connectivity index (χ0) is 34.9. The Morgan fingerprint density at radius 1 is 1.02 bits per heavy atom. The van der Waals surface area contributed by atoms with Crippen molar-refractivity contribution in [3.63, 3.8) is 0 Å². The number of ether oxygens (including phenoxy) is 2. The van der Waals surface area contributed by atoms with Gasteiger partial charge in [-0.15, -0.1) is 0 Å². The van der Waals surface area contributed by atoms with Crippen LogP contribution in [0.3, 0.4) is 0 Å². The molecule has 2 amide bonds. The molecule has 9 nitrogen and oxygen atoms in total. The lowest BCUT2D eigenvalue weighted by molar-refractivity contribution is -0.146. The molecule has 3 aromatic rings. The first-order valence-corrected chi connectivity index (χ1v) is 20.4. The average molecular weight is 690 g/mol. The van der Waals surface area contributed by atoms with Crippen LogP contribution in [-0.2, 0) is 32.9 Å². The number of carbonyl (C=O) groups excluding carboxylic acids is 2. The molecule has 49 heavy (non-hydrogen) atoms. The van der Waals surface area contributed by atoms with Crippen LogP contribution in [0.2, 0.25) is 18.6 Å². The van der Waals surface area contributed by atoms with E-state index in [9.17, 15) is 19.8 Å². The zero-order valence-corrected chi connectivity index (χ0v) is 29.8. The minimum Gasteiger partial charge on any atom is -0.494 e. The van der Waals surface area contributed by atoms with Crippen molar-refractivity contribution in [3.05, 3.63) is 83.4 Å². The molecule has 3 heterocycles. The normalized spacial score (nSPS) is 24.9. The number of hydrogen-bond acceptors (Lipinski definition) is 7. The standard InChI is InChI=1S/C38H48FN3O6Si/c1-5-47-29-15-16-32-27(22-29)23-31(40-18-8-9-19-43)36(45)42(32)28-12-10-11-26(21-28)24-41-33-14-7-6-13-30(33)38(37(41)46)25(2)35(49(3,4)39)34(48-38)17-20-44/h6-7,10-16,21-22,25,31,34-35,40,43-44H,5,8-9,17-20,23-24H2,1-4H3/t25-,31?,34+,35-,38+/m1/s1. The van der Waals surface area contributed by atoms with Crippen LogP contribution in [0.5, 0.6) is 5.75 Å². The third-order valence-corrected chi connectivity index (χ3v) is 12.8. The second-order valence-corrected chi connectivity index (χ2v) is 17.7. The summed E-state index contributed by atoms with van der Waals surface area (Å²) in [5, 5.41) is 22.5. The molecule has 3 aliphatic heterocycles. The largest absolute Gasteiger partial charge is 0.494 e. The number of amides is 2.